The van der Waals surface area contributed by atoms with E-state index in [-0.39, 0.29) is 13.0 Å². The van der Waals surface area contributed by atoms with E-state index in [2.05, 4.69) is 16.9 Å². The zero-order valence-electron chi connectivity index (χ0n) is 18.0. The molecule has 1 unspecified atom stereocenters. The van der Waals surface area contributed by atoms with Crippen LogP contribution in [0.2, 0.25) is 0 Å². The van der Waals surface area contributed by atoms with Crippen LogP contribution < -0.4 is 5.32 Å². The van der Waals surface area contributed by atoms with Gasteiger partial charge in [-0.15, -0.1) is 0 Å². The largest absolute Gasteiger partial charge is 0.480 e. The predicted octanol–water partition coefficient (Wildman–Crippen LogP) is 4.66. The highest BCUT2D eigenvalue weighted by Gasteiger charge is 2.38. The molecule has 2 amide bonds. The lowest BCUT2D eigenvalue weighted by molar-refractivity contribution is -0.142. The van der Waals surface area contributed by atoms with E-state index in [0.29, 0.717) is 0 Å². The second-order valence-electron chi connectivity index (χ2n) is 8.73. The number of nitrogens with one attached hydrogen (secondary N) is 2. The van der Waals surface area contributed by atoms with E-state index in [1.165, 1.54) is 4.90 Å². The van der Waals surface area contributed by atoms with Crippen molar-refractivity contribution in [1.29, 1.82) is 0 Å². The minimum atomic E-state index is -1.01. The first-order valence-corrected chi connectivity index (χ1v) is 10.3. The molecule has 1 atom stereocenters. The Morgan fingerprint density at radius 3 is 2.65 bits per heavy atom. The van der Waals surface area contributed by atoms with Crippen LogP contribution in [0.1, 0.15) is 43.2 Å². The Morgan fingerprint density at radius 1 is 1.19 bits per heavy atom. The molecule has 4 rings (SSSR count). The van der Waals surface area contributed by atoms with Crippen molar-refractivity contribution >= 4 is 28.5 Å². The van der Waals surface area contributed by atoms with Gasteiger partial charge in [-0.05, 0) is 49.6 Å². The Labute approximate surface area is 181 Å². The number of rotatable bonds is 4. The molecule has 6 nitrogen and oxygen atoms in total. The van der Waals surface area contributed by atoms with Crippen LogP contribution in [-0.4, -0.2) is 33.0 Å². The van der Waals surface area contributed by atoms with Gasteiger partial charge in [0.15, 0.2) is 0 Å². The molecule has 0 aliphatic carbocycles. The topological polar surface area (TPSA) is 85.4 Å². The van der Waals surface area contributed by atoms with Crippen molar-refractivity contribution in [2.75, 3.05) is 0 Å². The van der Waals surface area contributed by atoms with E-state index >= 15 is 0 Å². The van der Waals surface area contributed by atoms with E-state index in [9.17, 15) is 14.7 Å². The van der Waals surface area contributed by atoms with E-state index in [4.69, 9.17) is 0 Å². The summed E-state index contributed by atoms with van der Waals surface area (Å²) in [5, 5.41) is 13.9. The number of hydrogen-bond donors (Lipinski definition) is 3. The molecule has 2 heterocycles. The number of aromatic amines is 1. The monoisotopic (exact) mass is 417 g/mol. The van der Waals surface area contributed by atoms with Crippen molar-refractivity contribution < 1.29 is 14.7 Å². The molecule has 1 aliphatic heterocycles. The summed E-state index contributed by atoms with van der Waals surface area (Å²) in [5.41, 5.74) is 5.00. The number of carbonyl (C=O) groups is 2. The van der Waals surface area contributed by atoms with Crippen molar-refractivity contribution in [3.8, 4) is 0 Å². The second-order valence-corrected chi connectivity index (χ2v) is 8.73. The molecule has 160 valence electrons. The predicted molar refractivity (Wildman–Crippen MR) is 122 cm³/mol. The molecule has 0 spiro atoms. The lowest BCUT2D eigenvalue weighted by Gasteiger charge is -2.36. The molecule has 2 aromatic carbocycles. The number of carbonyl (C=O) groups excluding carboxylic acids is 1. The molecular formula is C25H27N3O3. The summed E-state index contributed by atoms with van der Waals surface area (Å²) in [6.07, 6.45) is 0.272. The van der Waals surface area contributed by atoms with Crippen molar-refractivity contribution in [3.63, 3.8) is 0 Å². The number of amides is 2. The first kappa shape index (κ1) is 20.7. The Hall–Kier alpha value is -3.54. The number of aliphatic carboxylic acids is 1. The number of para-hydroxylation sites is 1. The molecule has 0 saturated carbocycles. The molecule has 3 N–H and O–H groups in total. The first-order chi connectivity index (χ1) is 14.7. The fourth-order valence-corrected chi connectivity index (χ4v) is 4.23. The van der Waals surface area contributed by atoms with Crippen molar-refractivity contribution in [2.45, 2.75) is 45.3 Å². The zero-order valence-corrected chi connectivity index (χ0v) is 18.0. The highest BCUT2D eigenvalue weighted by Crippen LogP contribution is 2.31. The van der Waals surface area contributed by atoms with Crippen LogP contribution in [0.15, 0.2) is 55.1 Å². The molecule has 1 aliphatic rings. The first-order valence-electron chi connectivity index (χ1n) is 10.3. The molecule has 0 saturated heterocycles. The minimum absolute atomic E-state index is 0.217. The highest BCUT2D eigenvalue weighted by molar-refractivity contribution is 5.89. The molecule has 0 bridgehead atoms. The number of benzene rings is 2. The second kappa shape index (κ2) is 7.61. The maximum atomic E-state index is 13.3. The summed E-state index contributed by atoms with van der Waals surface area (Å²) >= 11 is 0. The fourth-order valence-electron chi connectivity index (χ4n) is 4.23. The van der Waals surface area contributed by atoms with Gasteiger partial charge in [-0.2, -0.15) is 0 Å². The van der Waals surface area contributed by atoms with Crippen LogP contribution in [0.4, 0.5) is 4.79 Å². The minimum Gasteiger partial charge on any atom is -0.480 e. The van der Waals surface area contributed by atoms with Gasteiger partial charge in [-0.3, -0.25) is 0 Å². The molecule has 0 fully saturated rings. The fraction of sp³-hybridized carbons (Fsp3) is 0.280. The van der Waals surface area contributed by atoms with Crippen molar-refractivity contribution in [3.05, 3.63) is 77.5 Å². The van der Waals surface area contributed by atoms with Gasteiger partial charge in [0.1, 0.15) is 6.04 Å². The number of aromatic nitrogens is 1. The Morgan fingerprint density at radius 2 is 1.94 bits per heavy atom. The normalized spacial score (nSPS) is 16.1. The van der Waals surface area contributed by atoms with Crippen LogP contribution in [0.3, 0.4) is 0 Å². The van der Waals surface area contributed by atoms with Gasteiger partial charge >= 0.3 is 12.0 Å². The summed E-state index contributed by atoms with van der Waals surface area (Å²) in [6, 6.07) is 14.4. The number of fused-ring (bicyclic) bond motifs is 3. The Kier molecular flexibility index (Phi) is 5.09. The Balaban J connectivity index is 1.63. The van der Waals surface area contributed by atoms with Gasteiger partial charge in [0, 0.05) is 23.0 Å². The van der Waals surface area contributed by atoms with Crippen molar-refractivity contribution in [1.82, 2.24) is 15.2 Å². The van der Waals surface area contributed by atoms with Crippen LogP contribution in [0, 0.1) is 0 Å². The van der Waals surface area contributed by atoms with Gasteiger partial charge in [0.05, 0.1) is 12.1 Å². The molecule has 0 radical (unpaired) electrons. The number of nitrogens with zero attached hydrogens (tertiary/aromatic N) is 1. The van der Waals surface area contributed by atoms with Gasteiger partial charge in [0.2, 0.25) is 0 Å². The average Bonchev–Trinajstić information content (AvgIpc) is 3.10. The van der Waals surface area contributed by atoms with Gasteiger partial charge in [-0.25, -0.2) is 9.59 Å². The number of carboxylic acid groups (broad SMARTS) is 1. The van der Waals surface area contributed by atoms with Gasteiger partial charge < -0.3 is 20.3 Å². The lowest BCUT2D eigenvalue weighted by atomic mass is 9.91. The average molecular weight is 418 g/mol. The third-order valence-electron chi connectivity index (χ3n) is 6.05. The molecule has 31 heavy (non-hydrogen) atoms. The number of H-pyrrole nitrogens is 1. The number of hydrogen-bond acceptors (Lipinski definition) is 2. The highest BCUT2D eigenvalue weighted by atomic mass is 16.4. The third kappa shape index (κ3) is 3.81. The summed E-state index contributed by atoms with van der Waals surface area (Å²) in [7, 11) is 0. The van der Waals surface area contributed by atoms with Crippen molar-refractivity contribution in [2.24, 2.45) is 0 Å². The van der Waals surface area contributed by atoms with E-state index in [1.807, 2.05) is 69.3 Å². The van der Waals surface area contributed by atoms with Crippen LogP contribution in [0.5, 0.6) is 0 Å². The van der Waals surface area contributed by atoms with E-state index < -0.39 is 23.6 Å². The lowest BCUT2D eigenvalue weighted by Crippen LogP contribution is -2.55. The standard InChI is InChI=1S/C25H27N3O3/c1-15(2)16-8-7-9-17(12-16)25(3,4)27-24(31)28-14-21-19(13-22(28)23(29)30)18-10-5-6-11-20(18)26-21/h5-12,22,26H,1,13-14H2,2-4H3,(H,27,31)(H,29,30). The summed E-state index contributed by atoms with van der Waals surface area (Å²) in [4.78, 5) is 30.1. The summed E-state index contributed by atoms with van der Waals surface area (Å²) in [6.45, 7) is 9.97. The van der Waals surface area contributed by atoms with Gasteiger partial charge in [0.25, 0.3) is 0 Å². The van der Waals surface area contributed by atoms with Crippen LogP contribution in [-0.2, 0) is 23.3 Å². The summed E-state index contributed by atoms with van der Waals surface area (Å²) < 4.78 is 0. The molecular weight excluding hydrogens is 390 g/mol. The quantitative estimate of drug-likeness (QED) is 0.577. The Bertz CT molecular complexity index is 1190. The summed E-state index contributed by atoms with van der Waals surface area (Å²) in [5.74, 6) is -1.01. The smallest absolute Gasteiger partial charge is 0.326 e. The van der Waals surface area contributed by atoms with E-state index in [0.717, 1.165) is 38.9 Å². The maximum absolute atomic E-state index is 13.3. The van der Waals surface area contributed by atoms with E-state index in [1.54, 1.807) is 0 Å². The molecule has 6 heteroatoms. The van der Waals surface area contributed by atoms with Crippen LogP contribution in [0.25, 0.3) is 16.5 Å². The third-order valence-corrected chi connectivity index (χ3v) is 6.05. The van der Waals surface area contributed by atoms with Crippen LogP contribution >= 0.6 is 0 Å². The number of urea groups is 1. The zero-order chi connectivity index (χ0) is 22.3. The number of allylic oxidation sites excluding steroid dienone is 1. The molecule has 1 aromatic heterocycles. The number of carboxylic acids is 1. The SMILES string of the molecule is C=C(C)c1cccc(C(C)(C)NC(=O)N2Cc3[nH]c4ccccc4c3CC2C(=O)O)c1. The molecule has 3 aromatic rings. The van der Waals surface area contributed by atoms with Gasteiger partial charge in [-0.1, -0.05) is 48.6 Å². The maximum Gasteiger partial charge on any atom is 0.326 e.